The Kier molecular flexibility index (Phi) is 5.67. The minimum Gasteiger partial charge on any atom is -0.426 e. The Balaban J connectivity index is 1.49. The summed E-state index contributed by atoms with van der Waals surface area (Å²) < 4.78 is 31.8. The summed E-state index contributed by atoms with van der Waals surface area (Å²) in [4.78, 5) is 14.0. The summed E-state index contributed by atoms with van der Waals surface area (Å²) in [6.07, 6.45) is 0.671. The van der Waals surface area contributed by atoms with Gasteiger partial charge in [0.2, 0.25) is 27.7 Å². The molecule has 8 nitrogen and oxygen atoms in total. The number of benzene rings is 1. The first-order valence-corrected chi connectivity index (χ1v) is 10.1. The highest BCUT2D eigenvalue weighted by Gasteiger charge is 2.28. The van der Waals surface area contributed by atoms with Gasteiger partial charge in [0.15, 0.2) is 0 Å². The second-order valence-electron chi connectivity index (χ2n) is 6.24. The number of sulfonamides is 1. The van der Waals surface area contributed by atoms with Crippen molar-refractivity contribution in [1.82, 2.24) is 19.4 Å². The smallest absolute Gasteiger partial charge is 0.223 e. The number of aryl methyl sites for hydroxylation is 2. The third kappa shape index (κ3) is 4.67. The molecule has 0 saturated carbocycles. The third-order valence-corrected chi connectivity index (χ3v) is 6.15. The molecule has 1 aliphatic rings. The van der Waals surface area contributed by atoms with Crippen LogP contribution in [0.4, 0.5) is 0 Å². The van der Waals surface area contributed by atoms with Crippen molar-refractivity contribution in [3.8, 4) is 0 Å². The maximum Gasteiger partial charge on any atom is 0.223 e. The Morgan fingerprint density at radius 1 is 1.12 bits per heavy atom. The molecule has 1 amide bonds. The third-order valence-electron chi connectivity index (χ3n) is 4.30. The highest BCUT2D eigenvalue weighted by Crippen LogP contribution is 2.14. The summed E-state index contributed by atoms with van der Waals surface area (Å²) >= 11 is 0. The minimum atomic E-state index is -3.38. The van der Waals surface area contributed by atoms with E-state index < -0.39 is 10.0 Å². The first kappa shape index (κ1) is 18.5. The number of carbonyl (C=O) groups excluding carboxylic acids is 1. The molecule has 0 aliphatic carbocycles. The van der Waals surface area contributed by atoms with Crippen molar-refractivity contribution in [2.75, 3.05) is 26.2 Å². The van der Waals surface area contributed by atoms with E-state index in [-0.39, 0.29) is 18.1 Å². The second kappa shape index (κ2) is 7.96. The van der Waals surface area contributed by atoms with Crippen LogP contribution < -0.4 is 0 Å². The van der Waals surface area contributed by atoms with Crippen LogP contribution in [0.1, 0.15) is 23.8 Å². The first-order chi connectivity index (χ1) is 12.4. The molecule has 2 heterocycles. The lowest BCUT2D eigenvalue weighted by molar-refractivity contribution is -0.132. The first-order valence-electron chi connectivity index (χ1n) is 8.52. The lowest BCUT2D eigenvalue weighted by atomic mass is 10.2. The molecule has 9 heteroatoms. The average Bonchev–Trinajstić information content (AvgIpc) is 3.05. The monoisotopic (exact) mass is 378 g/mol. The number of hydrogen-bond donors (Lipinski definition) is 0. The maximum absolute atomic E-state index is 12.5. The van der Waals surface area contributed by atoms with Gasteiger partial charge in [-0.1, -0.05) is 30.3 Å². The zero-order valence-corrected chi connectivity index (χ0v) is 15.5. The van der Waals surface area contributed by atoms with E-state index in [0.29, 0.717) is 44.4 Å². The van der Waals surface area contributed by atoms with E-state index in [9.17, 15) is 13.2 Å². The van der Waals surface area contributed by atoms with Crippen LogP contribution in [0.25, 0.3) is 0 Å². The number of nitrogens with zero attached hydrogens (tertiary/aromatic N) is 4. The molecule has 0 bridgehead atoms. The van der Waals surface area contributed by atoms with Crippen LogP contribution >= 0.6 is 0 Å². The van der Waals surface area contributed by atoms with Crippen molar-refractivity contribution in [1.29, 1.82) is 0 Å². The summed E-state index contributed by atoms with van der Waals surface area (Å²) in [5, 5.41) is 7.61. The van der Waals surface area contributed by atoms with E-state index >= 15 is 0 Å². The molecule has 1 fully saturated rings. The molecule has 26 heavy (non-hydrogen) atoms. The Labute approximate surface area is 152 Å². The van der Waals surface area contributed by atoms with Crippen molar-refractivity contribution < 1.29 is 17.6 Å². The molecule has 0 unspecified atom stereocenters. The maximum atomic E-state index is 12.5. The molecule has 0 radical (unpaired) electrons. The van der Waals surface area contributed by atoms with E-state index in [4.69, 9.17) is 4.42 Å². The van der Waals surface area contributed by atoms with Gasteiger partial charge in [0, 0.05) is 45.9 Å². The van der Waals surface area contributed by atoms with E-state index in [1.54, 1.807) is 24.0 Å². The second-order valence-corrected chi connectivity index (χ2v) is 8.21. The van der Waals surface area contributed by atoms with Gasteiger partial charge in [0.05, 0.1) is 5.75 Å². The fourth-order valence-corrected chi connectivity index (χ4v) is 4.42. The Bertz CT molecular complexity index is 843. The largest absolute Gasteiger partial charge is 0.426 e. The number of amides is 1. The van der Waals surface area contributed by atoms with Gasteiger partial charge >= 0.3 is 0 Å². The van der Waals surface area contributed by atoms with Crippen LogP contribution in [-0.4, -0.2) is 59.9 Å². The van der Waals surface area contributed by atoms with E-state index in [0.717, 1.165) is 5.56 Å². The molecular weight excluding hydrogens is 356 g/mol. The van der Waals surface area contributed by atoms with Crippen LogP contribution in [-0.2, 0) is 27.0 Å². The fraction of sp³-hybridized carbons (Fsp3) is 0.471. The van der Waals surface area contributed by atoms with Gasteiger partial charge < -0.3 is 9.32 Å². The summed E-state index contributed by atoms with van der Waals surface area (Å²) in [7, 11) is -3.38. The van der Waals surface area contributed by atoms with Crippen LogP contribution in [0.5, 0.6) is 0 Å². The molecule has 0 N–H and O–H groups in total. The molecule has 1 saturated heterocycles. The lowest BCUT2D eigenvalue weighted by Crippen LogP contribution is -2.50. The standard InChI is InChI=1S/C17H22N4O4S/c1-14-18-19-16(25-14)7-8-17(22)20-9-11-21(12-10-20)26(23,24)13-15-5-3-2-4-6-15/h2-6H,7-13H2,1H3. The molecule has 0 atom stereocenters. The van der Waals surface area contributed by atoms with Crippen LogP contribution in [0.15, 0.2) is 34.7 Å². The lowest BCUT2D eigenvalue weighted by Gasteiger charge is -2.34. The zero-order valence-electron chi connectivity index (χ0n) is 14.7. The van der Waals surface area contributed by atoms with Gasteiger partial charge in [-0.3, -0.25) is 4.79 Å². The molecule has 1 aromatic heterocycles. The van der Waals surface area contributed by atoms with E-state index in [1.807, 2.05) is 18.2 Å². The van der Waals surface area contributed by atoms with E-state index in [1.165, 1.54) is 4.31 Å². The quantitative estimate of drug-likeness (QED) is 0.743. The topological polar surface area (TPSA) is 96.6 Å². The van der Waals surface area contributed by atoms with Gasteiger partial charge in [-0.2, -0.15) is 4.31 Å². The van der Waals surface area contributed by atoms with E-state index in [2.05, 4.69) is 10.2 Å². The normalized spacial score (nSPS) is 16.0. The SMILES string of the molecule is Cc1nnc(CCC(=O)N2CCN(S(=O)(=O)Cc3ccccc3)CC2)o1. The Hall–Kier alpha value is -2.26. The van der Waals surface area contributed by atoms with Gasteiger partial charge in [0.25, 0.3) is 0 Å². The predicted molar refractivity (Wildman–Crippen MR) is 94.6 cm³/mol. The summed E-state index contributed by atoms with van der Waals surface area (Å²) in [6, 6.07) is 9.11. The predicted octanol–water partition coefficient (Wildman–Crippen LogP) is 0.985. The number of carbonyl (C=O) groups is 1. The fourth-order valence-electron chi connectivity index (χ4n) is 2.90. The highest BCUT2D eigenvalue weighted by atomic mass is 32.2. The average molecular weight is 378 g/mol. The molecule has 3 rings (SSSR count). The summed E-state index contributed by atoms with van der Waals surface area (Å²) in [5.74, 6) is 0.878. The summed E-state index contributed by atoms with van der Waals surface area (Å²) in [6.45, 7) is 3.14. The zero-order chi connectivity index (χ0) is 18.6. The van der Waals surface area contributed by atoms with Crippen LogP contribution in [0.2, 0.25) is 0 Å². The Morgan fingerprint density at radius 3 is 2.42 bits per heavy atom. The van der Waals surface area contributed by atoms with Crippen molar-refractivity contribution in [3.05, 3.63) is 47.7 Å². The van der Waals surface area contributed by atoms with Crippen molar-refractivity contribution in [3.63, 3.8) is 0 Å². The minimum absolute atomic E-state index is 0.0156. The number of aromatic nitrogens is 2. The Morgan fingerprint density at radius 2 is 1.81 bits per heavy atom. The van der Waals surface area contributed by atoms with Crippen molar-refractivity contribution in [2.24, 2.45) is 0 Å². The number of piperazine rings is 1. The molecule has 1 aromatic carbocycles. The van der Waals surface area contributed by atoms with Crippen LogP contribution in [0.3, 0.4) is 0 Å². The molecule has 2 aromatic rings. The van der Waals surface area contributed by atoms with Gasteiger partial charge in [0.1, 0.15) is 0 Å². The highest BCUT2D eigenvalue weighted by molar-refractivity contribution is 7.88. The number of rotatable bonds is 6. The molecular formula is C17H22N4O4S. The van der Waals surface area contributed by atoms with Crippen molar-refractivity contribution in [2.45, 2.75) is 25.5 Å². The number of hydrogen-bond acceptors (Lipinski definition) is 6. The van der Waals surface area contributed by atoms with Gasteiger partial charge in [-0.25, -0.2) is 8.42 Å². The van der Waals surface area contributed by atoms with Crippen molar-refractivity contribution >= 4 is 15.9 Å². The molecule has 140 valence electrons. The summed E-state index contributed by atoms with van der Waals surface area (Å²) in [5.41, 5.74) is 0.765. The molecule has 1 aliphatic heterocycles. The molecule has 0 spiro atoms. The van der Waals surface area contributed by atoms with Crippen LogP contribution in [0, 0.1) is 6.92 Å². The van der Waals surface area contributed by atoms with Gasteiger partial charge in [-0.15, -0.1) is 10.2 Å². The van der Waals surface area contributed by atoms with Gasteiger partial charge in [-0.05, 0) is 5.56 Å².